The number of aromatic nitrogens is 2. The van der Waals surface area contributed by atoms with Gasteiger partial charge in [-0.3, -0.25) is 9.36 Å². The third-order valence-electron chi connectivity index (χ3n) is 4.68. The van der Waals surface area contributed by atoms with Crippen LogP contribution in [0.3, 0.4) is 0 Å². The first kappa shape index (κ1) is 19.2. The Kier molecular flexibility index (Phi) is 6.01. The normalized spacial score (nSPS) is 10.8. The molecule has 0 amide bonds. The van der Waals surface area contributed by atoms with Crippen LogP contribution >= 0.6 is 11.8 Å². The van der Waals surface area contributed by atoms with Crippen molar-refractivity contribution in [2.24, 2.45) is 7.05 Å². The molecule has 0 spiro atoms. The number of aryl methyl sites for hydroxylation is 2. The molecule has 0 saturated carbocycles. The monoisotopic (exact) mass is 380 g/mol. The Morgan fingerprint density at radius 3 is 2.63 bits per heavy atom. The topological polar surface area (TPSA) is 44.1 Å². The lowest BCUT2D eigenvalue weighted by atomic mass is 10.0. The summed E-state index contributed by atoms with van der Waals surface area (Å²) in [4.78, 5) is 17.6. The molecule has 5 heteroatoms. The fourth-order valence-electron chi connectivity index (χ4n) is 2.96. The number of hydrogen-bond donors (Lipinski definition) is 0. The summed E-state index contributed by atoms with van der Waals surface area (Å²) in [6, 6.07) is 16.1. The molecule has 0 atom stereocenters. The van der Waals surface area contributed by atoms with Crippen LogP contribution in [0.1, 0.15) is 27.9 Å². The van der Waals surface area contributed by atoms with Crippen molar-refractivity contribution in [3.8, 4) is 5.75 Å². The average molecular weight is 381 g/mol. The Morgan fingerprint density at radius 2 is 1.89 bits per heavy atom. The molecule has 0 N–H and O–H groups in total. The predicted octanol–water partition coefficient (Wildman–Crippen LogP) is 4.29. The first-order valence-electron chi connectivity index (χ1n) is 8.86. The van der Waals surface area contributed by atoms with Crippen LogP contribution in [0.5, 0.6) is 5.75 Å². The molecule has 4 nitrogen and oxygen atoms in total. The van der Waals surface area contributed by atoms with Gasteiger partial charge < -0.3 is 4.74 Å². The van der Waals surface area contributed by atoms with E-state index in [0.29, 0.717) is 6.42 Å². The molecule has 0 aliphatic heterocycles. The van der Waals surface area contributed by atoms with Gasteiger partial charge in [0.15, 0.2) is 5.16 Å². The van der Waals surface area contributed by atoms with Crippen molar-refractivity contribution in [3.63, 3.8) is 0 Å². The van der Waals surface area contributed by atoms with Crippen LogP contribution in [0.4, 0.5) is 0 Å². The van der Waals surface area contributed by atoms with Crippen LogP contribution in [0.15, 0.2) is 58.5 Å². The van der Waals surface area contributed by atoms with Crippen molar-refractivity contribution in [1.29, 1.82) is 0 Å². The van der Waals surface area contributed by atoms with Crippen molar-refractivity contribution in [1.82, 2.24) is 9.55 Å². The van der Waals surface area contributed by atoms with E-state index in [0.717, 1.165) is 33.5 Å². The SMILES string of the molecule is COc1cccc(Cc2c(C)nc(SCc3ccccc3C)n(C)c2=O)c1. The van der Waals surface area contributed by atoms with Gasteiger partial charge in [0.1, 0.15) is 5.75 Å². The maximum Gasteiger partial charge on any atom is 0.257 e. The maximum atomic E-state index is 12.9. The summed E-state index contributed by atoms with van der Waals surface area (Å²) < 4.78 is 6.94. The van der Waals surface area contributed by atoms with Gasteiger partial charge in [0, 0.05) is 30.5 Å². The molecule has 1 aromatic heterocycles. The van der Waals surface area contributed by atoms with Gasteiger partial charge in [-0.15, -0.1) is 0 Å². The summed E-state index contributed by atoms with van der Waals surface area (Å²) in [7, 11) is 3.44. The molecule has 0 aliphatic carbocycles. The Labute approximate surface area is 164 Å². The fourth-order valence-corrected chi connectivity index (χ4v) is 4.05. The zero-order valence-corrected chi connectivity index (χ0v) is 17.0. The van der Waals surface area contributed by atoms with E-state index >= 15 is 0 Å². The van der Waals surface area contributed by atoms with E-state index in [1.54, 1.807) is 30.5 Å². The maximum absolute atomic E-state index is 12.9. The largest absolute Gasteiger partial charge is 0.497 e. The van der Waals surface area contributed by atoms with Gasteiger partial charge in [-0.05, 0) is 42.7 Å². The molecule has 0 bridgehead atoms. The standard InChI is InChI=1S/C22H24N2O2S/c1-15-8-5-6-10-18(15)14-27-22-23-16(2)20(21(25)24(22)3)13-17-9-7-11-19(12-17)26-4/h5-12H,13-14H2,1-4H3. The van der Waals surface area contributed by atoms with E-state index in [4.69, 9.17) is 9.72 Å². The fraction of sp³-hybridized carbons (Fsp3) is 0.273. The van der Waals surface area contributed by atoms with Crippen LogP contribution < -0.4 is 10.3 Å². The number of hydrogen-bond acceptors (Lipinski definition) is 4. The highest BCUT2D eigenvalue weighted by Crippen LogP contribution is 2.23. The van der Waals surface area contributed by atoms with E-state index in [-0.39, 0.29) is 5.56 Å². The molecular formula is C22H24N2O2S. The minimum Gasteiger partial charge on any atom is -0.497 e. The molecule has 3 rings (SSSR count). The first-order chi connectivity index (χ1) is 13.0. The quantitative estimate of drug-likeness (QED) is 0.473. The van der Waals surface area contributed by atoms with Crippen molar-refractivity contribution < 1.29 is 4.74 Å². The Bertz CT molecular complexity index is 1010. The zero-order valence-electron chi connectivity index (χ0n) is 16.2. The van der Waals surface area contributed by atoms with Gasteiger partial charge in [0.25, 0.3) is 5.56 Å². The molecule has 2 aromatic carbocycles. The number of methoxy groups -OCH3 is 1. The van der Waals surface area contributed by atoms with Crippen LogP contribution in [0, 0.1) is 13.8 Å². The molecule has 27 heavy (non-hydrogen) atoms. The highest BCUT2D eigenvalue weighted by molar-refractivity contribution is 7.98. The highest BCUT2D eigenvalue weighted by atomic mass is 32.2. The second-order valence-electron chi connectivity index (χ2n) is 6.57. The first-order valence-corrected chi connectivity index (χ1v) is 9.85. The highest BCUT2D eigenvalue weighted by Gasteiger charge is 2.13. The Morgan fingerprint density at radius 1 is 1.11 bits per heavy atom. The minimum atomic E-state index is 0.0117. The van der Waals surface area contributed by atoms with E-state index in [9.17, 15) is 4.79 Å². The lowest BCUT2D eigenvalue weighted by molar-refractivity contribution is 0.414. The smallest absolute Gasteiger partial charge is 0.257 e. The van der Waals surface area contributed by atoms with Gasteiger partial charge >= 0.3 is 0 Å². The van der Waals surface area contributed by atoms with Crippen molar-refractivity contribution in [2.75, 3.05) is 7.11 Å². The molecule has 1 heterocycles. The molecule has 0 fully saturated rings. The van der Waals surface area contributed by atoms with Gasteiger partial charge in [-0.1, -0.05) is 48.2 Å². The third kappa shape index (κ3) is 4.42. The lowest BCUT2D eigenvalue weighted by Gasteiger charge is -2.13. The summed E-state index contributed by atoms with van der Waals surface area (Å²) in [6.07, 6.45) is 0.547. The number of rotatable bonds is 6. The van der Waals surface area contributed by atoms with Gasteiger partial charge in [0.05, 0.1) is 7.11 Å². The summed E-state index contributed by atoms with van der Waals surface area (Å²) in [5.41, 5.74) is 5.07. The van der Waals surface area contributed by atoms with E-state index in [2.05, 4.69) is 19.1 Å². The summed E-state index contributed by atoms with van der Waals surface area (Å²) in [5.74, 6) is 1.59. The van der Waals surface area contributed by atoms with Crippen LogP contribution in [0.2, 0.25) is 0 Å². The van der Waals surface area contributed by atoms with Crippen molar-refractivity contribution >= 4 is 11.8 Å². The second-order valence-corrected chi connectivity index (χ2v) is 7.51. The number of thioether (sulfide) groups is 1. The molecule has 0 aliphatic rings. The predicted molar refractivity (Wildman–Crippen MR) is 111 cm³/mol. The molecule has 140 valence electrons. The lowest BCUT2D eigenvalue weighted by Crippen LogP contribution is -2.25. The average Bonchev–Trinajstić information content (AvgIpc) is 2.68. The number of ether oxygens (including phenoxy) is 1. The van der Waals surface area contributed by atoms with E-state index < -0.39 is 0 Å². The van der Waals surface area contributed by atoms with Crippen LogP contribution in [0.25, 0.3) is 0 Å². The molecule has 0 saturated heterocycles. The molecular weight excluding hydrogens is 356 g/mol. The van der Waals surface area contributed by atoms with Crippen molar-refractivity contribution in [3.05, 3.63) is 86.8 Å². The van der Waals surface area contributed by atoms with Gasteiger partial charge in [-0.2, -0.15) is 0 Å². The number of benzene rings is 2. The molecule has 0 unspecified atom stereocenters. The molecule has 0 radical (unpaired) electrons. The Balaban J connectivity index is 1.85. The van der Waals surface area contributed by atoms with Crippen LogP contribution in [-0.2, 0) is 19.2 Å². The minimum absolute atomic E-state index is 0.0117. The number of nitrogens with zero attached hydrogens (tertiary/aromatic N) is 2. The summed E-state index contributed by atoms with van der Waals surface area (Å²) >= 11 is 1.60. The van der Waals surface area contributed by atoms with Gasteiger partial charge in [0.2, 0.25) is 0 Å². The Hall–Kier alpha value is -2.53. The van der Waals surface area contributed by atoms with Crippen LogP contribution in [-0.4, -0.2) is 16.7 Å². The molecule has 3 aromatic rings. The summed E-state index contributed by atoms with van der Waals surface area (Å²) in [5, 5.41) is 0.746. The summed E-state index contributed by atoms with van der Waals surface area (Å²) in [6.45, 7) is 4.01. The van der Waals surface area contributed by atoms with E-state index in [1.165, 1.54) is 11.1 Å². The van der Waals surface area contributed by atoms with Gasteiger partial charge in [-0.25, -0.2) is 4.98 Å². The second kappa shape index (κ2) is 8.44. The zero-order chi connectivity index (χ0) is 19.4. The third-order valence-corrected chi connectivity index (χ3v) is 5.76. The van der Waals surface area contributed by atoms with Crippen molar-refractivity contribution in [2.45, 2.75) is 31.2 Å². The van der Waals surface area contributed by atoms with E-state index in [1.807, 2.05) is 43.3 Å².